The van der Waals surface area contributed by atoms with Crippen molar-refractivity contribution in [3.63, 3.8) is 0 Å². The van der Waals surface area contributed by atoms with Crippen LogP contribution in [-0.4, -0.2) is 16.7 Å². The fourth-order valence-corrected chi connectivity index (χ4v) is 2.88. The van der Waals surface area contributed by atoms with Crippen LogP contribution in [0.5, 0.6) is 5.75 Å². The maximum Gasteiger partial charge on any atom is 0.127 e. The summed E-state index contributed by atoms with van der Waals surface area (Å²) >= 11 is 3.53. The lowest BCUT2D eigenvalue weighted by atomic mass is 10.0. The molecule has 0 radical (unpaired) electrons. The van der Waals surface area contributed by atoms with Crippen LogP contribution in [-0.2, 0) is 19.9 Å². The van der Waals surface area contributed by atoms with Crippen LogP contribution in [0.1, 0.15) is 29.6 Å². The molecular formula is C15H19BrN2O. The molecule has 0 bridgehead atoms. The minimum Gasteiger partial charge on any atom is -0.496 e. The van der Waals surface area contributed by atoms with Gasteiger partial charge in [-0.05, 0) is 46.5 Å². The predicted octanol–water partition coefficient (Wildman–Crippen LogP) is 3.65. The number of halogens is 1. The third kappa shape index (κ3) is 2.84. The molecule has 0 aliphatic carbocycles. The van der Waals surface area contributed by atoms with Crippen LogP contribution in [0.25, 0.3) is 0 Å². The first-order valence-corrected chi connectivity index (χ1v) is 7.19. The van der Waals surface area contributed by atoms with Crippen molar-refractivity contribution in [1.29, 1.82) is 0 Å². The minimum absolute atomic E-state index is 0.870. The van der Waals surface area contributed by atoms with Gasteiger partial charge in [0.25, 0.3) is 0 Å². The number of ether oxygens (including phenoxy) is 1. The Kier molecular flexibility index (Phi) is 4.30. The SMILES string of the molecule is CCc1cc(Cc2c(Br)nc(C)n2C)ccc1OC. The first kappa shape index (κ1) is 14.1. The molecule has 0 atom stereocenters. The largest absolute Gasteiger partial charge is 0.496 e. The number of rotatable bonds is 4. The van der Waals surface area contributed by atoms with Gasteiger partial charge in [-0.2, -0.15) is 0 Å². The van der Waals surface area contributed by atoms with Crippen molar-refractivity contribution in [2.75, 3.05) is 7.11 Å². The average Bonchev–Trinajstić information content (AvgIpc) is 2.65. The highest BCUT2D eigenvalue weighted by Crippen LogP contribution is 2.24. The summed E-state index contributed by atoms with van der Waals surface area (Å²) < 4.78 is 8.42. The highest BCUT2D eigenvalue weighted by atomic mass is 79.9. The quantitative estimate of drug-likeness (QED) is 0.859. The lowest BCUT2D eigenvalue weighted by Crippen LogP contribution is -2.01. The maximum absolute atomic E-state index is 5.37. The second-order valence-corrected chi connectivity index (χ2v) is 5.38. The highest BCUT2D eigenvalue weighted by Gasteiger charge is 2.11. The van der Waals surface area contributed by atoms with Crippen LogP contribution in [0.3, 0.4) is 0 Å². The molecule has 2 aromatic rings. The molecule has 0 aliphatic rings. The first-order chi connectivity index (χ1) is 9.06. The summed E-state index contributed by atoms with van der Waals surface area (Å²) in [7, 11) is 3.77. The van der Waals surface area contributed by atoms with E-state index >= 15 is 0 Å². The maximum atomic E-state index is 5.37. The lowest BCUT2D eigenvalue weighted by Gasteiger charge is -2.10. The Balaban J connectivity index is 2.33. The number of nitrogens with zero attached hydrogens (tertiary/aromatic N) is 2. The summed E-state index contributed by atoms with van der Waals surface area (Å²) in [5.74, 6) is 1.98. The van der Waals surface area contributed by atoms with Gasteiger partial charge in [0, 0.05) is 13.5 Å². The molecule has 0 amide bonds. The van der Waals surface area contributed by atoms with Crippen LogP contribution < -0.4 is 4.74 Å². The van der Waals surface area contributed by atoms with Gasteiger partial charge in [-0.3, -0.25) is 0 Å². The topological polar surface area (TPSA) is 27.1 Å². The van der Waals surface area contributed by atoms with Crippen molar-refractivity contribution >= 4 is 15.9 Å². The molecule has 0 aliphatic heterocycles. The van der Waals surface area contributed by atoms with E-state index < -0.39 is 0 Å². The van der Waals surface area contributed by atoms with Gasteiger partial charge in [0.15, 0.2) is 0 Å². The van der Waals surface area contributed by atoms with Gasteiger partial charge in [0.2, 0.25) is 0 Å². The summed E-state index contributed by atoms with van der Waals surface area (Å²) in [5, 5.41) is 0. The minimum atomic E-state index is 0.870. The molecule has 1 heterocycles. The van der Waals surface area contributed by atoms with Gasteiger partial charge in [-0.15, -0.1) is 0 Å². The number of benzene rings is 1. The Hall–Kier alpha value is -1.29. The summed E-state index contributed by atoms with van der Waals surface area (Å²) in [6.07, 6.45) is 1.84. The number of imidazole rings is 1. The smallest absolute Gasteiger partial charge is 0.127 e. The summed E-state index contributed by atoms with van der Waals surface area (Å²) in [5.41, 5.74) is 3.72. The fourth-order valence-electron chi connectivity index (χ4n) is 2.22. The van der Waals surface area contributed by atoms with E-state index in [4.69, 9.17) is 4.74 Å². The molecule has 0 spiro atoms. The number of methoxy groups -OCH3 is 1. The van der Waals surface area contributed by atoms with E-state index in [0.29, 0.717) is 0 Å². The van der Waals surface area contributed by atoms with Gasteiger partial charge in [-0.1, -0.05) is 19.1 Å². The van der Waals surface area contributed by atoms with Gasteiger partial charge >= 0.3 is 0 Å². The van der Waals surface area contributed by atoms with E-state index in [1.165, 1.54) is 16.8 Å². The molecule has 0 fully saturated rings. The monoisotopic (exact) mass is 322 g/mol. The standard InChI is InChI=1S/C15H19BrN2O/c1-5-12-8-11(6-7-14(12)19-4)9-13-15(16)17-10(2)18(13)3/h6-8H,5,9H2,1-4H3. The van der Waals surface area contributed by atoms with Crippen molar-refractivity contribution in [3.05, 3.63) is 45.4 Å². The van der Waals surface area contributed by atoms with Gasteiger partial charge in [-0.25, -0.2) is 4.98 Å². The molecule has 0 N–H and O–H groups in total. The van der Waals surface area contributed by atoms with Crippen LogP contribution in [0.2, 0.25) is 0 Å². The van der Waals surface area contributed by atoms with Gasteiger partial charge < -0.3 is 9.30 Å². The van der Waals surface area contributed by atoms with Crippen molar-refractivity contribution in [2.24, 2.45) is 7.05 Å². The molecule has 1 aromatic heterocycles. The molecule has 2 rings (SSSR count). The van der Waals surface area contributed by atoms with Crippen molar-refractivity contribution in [1.82, 2.24) is 9.55 Å². The predicted molar refractivity (Wildman–Crippen MR) is 80.8 cm³/mol. The first-order valence-electron chi connectivity index (χ1n) is 6.40. The Morgan fingerprint density at radius 3 is 2.63 bits per heavy atom. The Bertz CT molecular complexity index is 590. The fraction of sp³-hybridized carbons (Fsp3) is 0.400. The van der Waals surface area contributed by atoms with Gasteiger partial charge in [0.05, 0.1) is 12.8 Å². The Labute approximate surface area is 122 Å². The number of aromatic nitrogens is 2. The normalized spacial score (nSPS) is 10.8. The van der Waals surface area contributed by atoms with Crippen LogP contribution in [0.15, 0.2) is 22.8 Å². The summed E-state index contributed by atoms with van der Waals surface area (Å²) in [6, 6.07) is 6.38. The zero-order valence-corrected chi connectivity index (χ0v) is 13.4. The molecule has 19 heavy (non-hydrogen) atoms. The Morgan fingerprint density at radius 2 is 2.11 bits per heavy atom. The molecule has 3 nitrogen and oxygen atoms in total. The van der Waals surface area contributed by atoms with Gasteiger partial charge in [0.1, 0.15) is 16.2 Å². The van der Waals surface area contributed by atoms with Crippen molar-refractivity contribution in [3.8, 4) is 5.75 Å². The number of hydrogen-bond acceptors (Lipinski definition) is 2. The third-order valence-corrected chi connectivity index (χ3v) is 4.12. The molecule has 1 aromatic carbocycles. The van der Waals surface area contributed by atoms with Crippen molar-refractivity contribution in [2.45, 2.75) is 26.7 Å². The zero-order valence-electron chi connectivity index (χ0n) is 11.8. The van der Waals surface area contributed by atoms with E-state index in [1.54, 1.807) is 7.11 Å². The van der Waals surface area contributed by atoms with E-state index in [0.717, 1.165) is 29.0 Å². The summed E-state index contributed by atoms with van der Waals surface area (Å²) in [6.45, 7) is 4.16. The molecule has 0 saturated carbocycles. The van der Waals surface area contributed by atoms with E-state index in [-0.39, 0.29) is 0 Å². The number of hydrogen-bond donors (Lipinski definition) is 0. The van der Waals surface area contributed by atoms with Crippen LogP contribution in [0, 0.1) is 6.92 Å². The second-order valence-electron chi connectivity index (χ2n) is 4.63. The average molecular weight is 323 g/mol. The van der Waals surface area contributed by atoms with Crippen LogP contribution >= 0.6 is 15.9 Å². The molecular weight excluding hydrogens is 304 g/mol. The molecule has 0 saturated heterocycles. The molecule has 4 heteroatoms. The van der Waals surface area contributed by atoms with E-state index in [9.17, 15) is 0 Å². The zero-order chi connectivity index (χ0) is 14.0. The van der Waals surface area contributed by atoms with Crippen LogP contribution in [0.4, 0.5) is 0 Å². The van der Waals surface area contributed by atoms with Crippen molar-refractivity contribution < 1.29 is 4.74 Å². The second kappa shape index (κ2) is 5.78. The highest BCUT2D eigenvalue weighted by molar-refractivity contribution is 9.10. The lowest BCUT2D eigenvalue weighted by molar-refractivity contribution is 0.410. The third-order valence-electron chi connectivity index (χ3n) is 3.49. The number of aryl methyl sites for hydroxylation is 2. The van der Waals surface area contributed by atoms with E-state index in [2.05, 4.69) is 44.5 Å². The molecule has 102 valence electrons. The Morgan fingerprint density at radius 1 is 1.37 bits per heavy atom. The summed E-state index contributed by atoms with van der Waals surface area (Å²) in [4.78, 5) is 4.44. The molecule has 0 unspecified atom stereocenters. The van der Waals surface area contributed by atoms with E-state index in [1.807, 2.05) is 20.0 Å².